The normalized spacial score (nSPS) is 10.6. The van der Waals surface area contributed by atoms with Crippen LogP contribution in [0.5, 0.6) is 5.75 Å². The summed E-state index contributed by atoms with van der Waals surface area (Å²) in [6.45, 7) is 2.08. The van der Waals surface area contributed by atoms with Crippen LogP contribution in [0.25, 0.3) is 21.8 Å². The van der Waals surface area contributed by atoms with E-state index in [1.807, 2.05) is 48.5 Å². The molecule has 0 radical (unpaired) electrons. The highest BCUT2D eigenvalue weighted by atomic mass is 32.1. The molecule has 1 N–H and O–H groups in total. The molecule has 0 saturated heterocycles. The van der Waals surface area contributed by atoms with Gasteiger partial charge in [0.05, 0.1) is 12.8 Å². The maximum atomic E-state index is 12.5. The molecule has 0 bridgehead atoms. The smallest absolute Gasteiger partial charge is 0.255 e. The molecular weight excluding hydrogens is 380 g/mol. The number of benzene rings is 3. The van der Waals surface area contributed by atoms with Gasteiger partial charge in [-0.1, -0.05) is 48.5 Å². The minimum atomic E-state index is -0.173. The first-order chi connectivity index (χ1) is 14.1. The lowest BCUT2D eigenvalue weighted by Gasteiger charge is -2.07. The van der Waals surface area contributed by atoms with Crippen molar-refractivity contribution in [3.63, 3.8) is 0 Å². The highest BCUT2D eigenvalue weighted by Gasteiger charge is 2.12. The predicted molar refractivity (Wildman–Crippen MR) is 119 cm³/mol. The number of carbonyl (C=O) groups is 1. The maximum Gasteiger partial charge on any atom is 0.255 e. The molecule has 4 rings (SSSR count). The Morgan fingerprint density at radius 2 is 1.69 bits per heavy atom. The van der Waals surface area contributed by atoms with Gasteiger partial charge in [0.15, 0.2) is 0 Å². The molecular formula is C24H20N2O2S. The van der Waals surface area contributed by atoms with Gasteiger partial charge in [0.2, 0.25) is 0 Å². The quantitative estimate of drug-likeness (QED) is 0.444. The summed E-state index contributed by atoms with van der Waals surface area (Å²) >= 11 is 1.69. The number of ether oxygens (including phenoxy) is 1. The van der Waals surface area contributed by atoms with Crippen molar-refractivity contribution in [2.75, 3.05) is 12.4 Å². The molecule has 1 amide bonds. The highest BCUT2D eigenvalue weighted by Crippen LogP contribution is 2.33. The monoisotopic (exact) mass is 400 g/mol. The molecule has 1 heterocycles. The van der Waals surface area contributed by atoms with E-state index in [-0.39, 0.29) is 5.91 Å². The molecule has 0 atom stereocenters. The second-order valence-corrected chi connectivity index (χ2v) is 7.76. The number of nitrogens with zero attached hydrogens (tertiary/aromatic N) is 1. The Labute approximate surface area is 173 Å². The maximum absolute atomic E-state index is 12.5. The van der Waals surface area contributed by atoms with Crippen LogP contribution in [-0.4, -0.2) is 18.0 Å². The van der Waals surface area contributed by atoms with Crippen LogP contribution in [-0.2, 0) is 0 Å². The summed E-state index contributed by atoms with van der Waals surface area (Å²) in [7, 11) is 1.58. The molecule has 0 aliphatic rings. The lowest BCUT2D eigenvalue weighted by atomic mass is 10.1. The number of methoxy groups -OCH3 is 1. The van der Waals surface area contributed by atoms with Gasteiger partial charge in [-0.05, 0) is 37.3 Å². The van der Waals surface area contributed by atoms with Crippen LogP contribution >= 0.6 is 11.3 Å². The largest absolute Gasteiger partial charge is 0.497 e. The summed E-state index contributed by atoms with van der Waals surface area (Å²) < 4.78 is 5.18. The van der Waals surface area contributed by atoms with Crippen LogP contribution in [0.1, 0.15) is 15.2 Å². The van der Waals surface area contributed by atoms with E-state index in [9.17, 15) is 4.79 Å². The number of hydrogen-bond acceptors (Lipinski definition) is 4. The van der Waals surface area contributed by atoms with Gasteiger partial charge < -0.3 is 10.1 Å². The van der Waals surface area contributed by atoms with Crippen LogP contribution in [0.3, 0.4) is 0 Å². The summed E-state index contributed by atoms with van der Waals surface area (Å²) in [5, 5.41) is 3.93. The Morgan fingerprint density at radius 1 is 0.931 bits per heavy atom. The molecule has 0 fully saturated rings. The number of aryl methyl sites for hydroxylation is 1. The number of anilines is 1. The molecule has 4 aromatic rings. The van der Waals surface area contributed by atoms with Gasteiger partial charge >= 0.3 is 0 Å². The van der Waals surface area contributed by atoms with Crippen molar-refractivity contribution in [2.45, 2.75) is 6.92 Å². The van der Waals surface area contributed by atoms with Gasteiger partial charge in [0.25, 0.3) is 5.91 Å². The summed E-state index contributed by atoms with van der Waals surface area (Å²) in [4.78, 5) is 18.5. The zero-order valence-electron chi connectivity index (χ0n) is 16.2. The van der Waals surface area contributed by atoms with Gasteiger partial charge in [0, 0.05) is 27.3 Å². The van der Waals surface area contributed by atoms with E-state index in [2.05, 4.69) is 24.4 Å². The number of nitrogens with one attached hydrogen (secondary N) is 1. The SMILES string of the molecule is COc1cccc(C(=O)Nc2ccc(-c3nc(-c4ccccc4)sc3C)cc2)c1. The predicted octanol–water partition coefficient (Wildman–Crippen LogP) is 6.05. The van der Waals surface area contributed by atoms with Crippen molar-refractivity contribution in [3.8, 4) is 27.6 Å². The third-order valence-electron chi connectivity index (χ3n) is 4.57. The fourth-order valence-corrected chi connectivity index (χ4v) is 3.99. The highest BCUT2D eigenvalue weighted by molar-refractivity contribution is 7.15. The van der Waals surface area contributed by atoms with E-state index < -0.39 is 0 Å². The Balaban J connectivity index is 1.52. The van der Waals surface area contributed by atoms with Crippen molar-refractivity contribution in [1.29, 1.82) is 0 Å². The van der Waals surface area contributed by atoms with Gasteiger partial charge in [0.1, 0.15) is 10.8 Å². The molecule has 1 aromatic heterocycles. The summed E-state index contributed by atoms with van der Waals surface area (Å²) in [5.74, 6) is 0.481. The molecule has 0 saturated carbocycles. The average Bonchev–Trinajstić information content (AvgIpc) is 3.16. The molecule has 0 unspecified atom stereocenters. The van der Waals surface area contributed by atoms with E-state index >= 15 is 0 Å². The fraction of sp³-hybridized carbons (Fsp3) is 0.0833. The second kappa shape index (κ2) is 8.29. The summed E-state index contributed by atoms with van der Waals surface area (Å²) in [6, 6.07) is 25.0. The van der Waals surface area contributed by atoms with Crippen molar-refractivity contribution in [2.24, 2.45) is 0 Å². The minimum Gasteiger partial charge on any atom is -0.497 e. The molecule has 3 aromatic carbocycles. The standard InChI is InChI=1S/C24H20N2O2S/c1-16-22(26-24(29-16)18-7-4-3-5-8-18)17-11-13-20(14-12-17)25-23(27)19-9-6-10-21(15-19)28-2/h3-15H,1-2H3,(H,25,27). The zero-order chi connectivity index (χ0) is 20.2. The number of hydrogen-bond donors (Lipinski definition) is 1. The van der Waals surface area contributed by atoms with E-state index in [1.54, 1.807) is 36.6 Å². The number of carbonyl (C=O) groups excluding carboxylic acids is 1. The average molecular weight is 401 g/mol. The van der Waals surface area contributed by atoms with Crippen LogP contribution in [0.2, 0.25) is 0 Å². The van der Waals surface area contributed by atoms with E-state index in [0.29, 0.717) is 11.3 Å². The third-order valence-corrected chi connectivity index (χ3v) is 5.59. The van der Waals surface area contributed by atoms with Gasteiger partial charge in [-0.25, -0.2) is 4.98 Å². The van der Waals surface area contributed by atoms with Gasteiger partial charge in [-0.3, -0.25) is 4.79 Å². The first-order valence-corrected chi connectivity index (χ1v) is 10.0. The Morgan fingerprint density at radius 3 is 2.41 bits per heavy atom. The Bertz CT molecular complexity index is 1140. The first kappa shape index (κ1) is 18.9. The van der Waals surface area contributed by atoms with E-state index in [0.717, 1.165) is 32.4 Å². The molecule has 0 aliphatic carbocycles. The molecule has 0 spiro atoms. The summed E-state index contributed by atoms with van der Waals surface area (Å²) in [5.41, 5.74) is 4.41. The van der Waals surface area contributed by atoms with Crippen molar-refractivity contribution in [3.05, 3.63) is 89.3 Å². The number of amides is 1. The van der Waals surface area contributed by atoms with Crippen LogP contribution in [0.4, 0.5) is 5.69 Å². The van der Waals surface area contributed by atoms with E-state index in [4.69, 9.17) is 9.72 Å². The second-order valence-electron chi connectivity index (χ2n) is 6.55. The molecule has 144 valence electrons. The number of aromatic nitrogens is 1. The third kappa shape index (κ3) is 4.20. The minimum absolute atomic E-state index is 0.173. The van der Waals surface area contributed by atoms with Crippen LogP contribution in [0, 0.1) is 6.92 Å². The van der Waals surface area contributed by atoms with Gasteiger partial charge in [-0.15, -0.1) is 11.3 Å². The van der Waals surface area contributed by atoms with Crippen LogP contribution in [0.15, 0.2) is 78.9 Å². The summed E-state index contributed by atoms with van der Waals surface area (Å²) in [6.07, 6.45) is 0. The number of rotatable bonds is 5. The van der Waals surface area contributed by atoms with Crippen LogP contribution < -0.4 is 10.1 Å². The molecule has 0 aliphatic heterocycles. The zero-order valence-corrected chi connectivity index (χ0v) is 17.0. The topological polar surface area (TPSA) is 51.2 Å². The molecule has 5 heteroatoms. The molecule has 4 nitrogen and oxygen atoms in total. The van der Waals surface area contributed by atoms with Crippen molar-refractivity contribution < 1.29 is 9.53 Å². The fourth-order valence-electron chi connectivity index (χ4n) is 3.05. The Kier molecular flexibility index (Phi) is 5.40. The van der Waals surface area contributed by atoms with Crippen molar-refractivity contribution >= 4 is 22.9 Å². The lowest BCUT2D eigenvalue weighted by Crippen LogP contribution is -2.11. The number of thiazole rings is 1. The van der Waals surface area contributed by atoms with Crippen molar-refractivity contribution in [1.82, 2.24) is 4.98 Å². The molecule has 29 heavy (non-hydrogen) atoms. The lowest BCUT2D eigenvalue weighted by molar-refractivity contribution is 0.102. The van der Waals surface area contributed by atoms with Gasteiger partial charge in [-0.2, -0.15) is 0 Å². The van der Waals surface area contributed by atoms with E-state index in [1.165, 1.54) is 0 Å². The first-order valence-electron chi connectivity index (χ1n) is 9.23. The Hall–Kier alpha value is -3.44.